The predicted molar refractivity (Wildman–Crippen MR) is 138 cm³/mol. The highest BCUT2D eigenvalue weighted by Gasteiger charge is 2.48. The predicted octanol–water partition coefficient (Wildman–Crippen LogP) is 5.41. The molecule has 4 rings (SSSR count). The van der Waals surface area contributed by atoms with Gasteiger partial charge in [0.05, 0.1) is 26.4 Å². The first-order valence-corrected chi connectivity index (χ1v) is 12.4. The van der Waals surface area contributed by atoms with Gasteiger partial charge in [-0.3, -0.25) is 0 Å². The van der Waals surface area contributed by atoms with Gasteiger partial charge in [0.1, 0.15) is 24.4 Å². The van der Waals surface area contributed by atoms with E-state index < -0.39 is 30.7 Å². The van der Waals surface area contributed by atoms with Gasteiger partial charge in [0.2, 0.25) is 0 Å². The Morgan fingerprint density at radius 1 is 0.639 bits per heavy atom. The summed E-state index contributed by atoms with van der Waals surface area (Å²) in [7, 11) is 3.25. The summed E-state index contributed by atoms with van der Waals surface area (Å²) in [6.07, 6.45) is -2.52. The fraction of sp³-hybridized carbons (Fsp3) is 0.379. The van der Waals surface area contributed by atoms with Gasteiger partial charge >= 0.3 is 0 Å². The van der Waals surface area contributed by atoms with Crippen LogP contribution in [0.15, 0.2) is 84.9 Å². The standard InChI is InChI=1S/C29H33ClO6/c1-31-20-25-26(33-17-21-9-5-3-6-10-21)27(34-18-22-11-7-4-8-12-22)28(29(32-2)36-25)35-19-23-13-15-24(30)16-14-23/h3-16,25-29H,17-20H2,1-2H3/t25-,26-,27+,28-,29+/m1/s1. The van der Waals surface area contributed by atoms with Crippen LogP contribution < -0.4 is 0 Å². The third-order valence-electron chi connectivity index (χ3n) is 6.08. The van der Waals surface area contributed by atoms with Crippen LogP contribution in [0.1, 0.15) is 16.7 Å². The van der Waals surface area contributed by atoms with E-state index >= 15 is 0 Å². The average Bonchev–Trinajstić information content (AvgIpc) is 2.92. The zero-order chi connectivity index (χ0) is 25.2. The highest BCUT2D eigenvalue weighted by molar-refractivity contribution is 6.30. The summed E-state index contributed by atoms with van der Waals surface area (Å²) in [5.74, 6) is 0. The molecule has 6 nitrogen and oxygen atoms in total. The molecular weight excluding hydrogens is 480 g/mol. The summed E-state index contributed by atoms with van der Waals surface area (Å²) in [5, 5.41) is 0.676. The molecule has 3 aromatic carbocycles. The maximum absolute atomic E-state index is 6.51. The van der Waals surface area contributed by atoms with Crippen LogP contribution in [0.5, 0.6) is 0 Å². The third-order valence-corrected chi connectivity index (χ3v) is 6.33. The molecule has 0 N–H and O–H groups in total. The summed E-state index contributed by atoms with van der Waals surface area (Å²) in [5.41, 5.74) is 3.10. The molecule has 1 heterocycles. The molecule has 0 aliphatic carbocycles. The van der Waals surface area contributed by atoms with Crippen molar-refractivity contribution in [1.29, 1.82) is 0 Å². The van der Waals surface area contributed by atoms with Crippen molar-refractivity contribution in [2.24, 2.45) is 0 Å². The first-order valence-electron chi connectivity index (χ1n) is 12.0. The van der Waals surface area contributed by atoms with Gasteiger partial charge in [-0.15, -0.1) is 0 Å². The zero-order valence-electron chi connectivity index (χ0n) is 20.6. The smallest absolute Gasteiger partial charge is 0.186 e. The van der Waals surface area contributed by atoms with Crippen molar-refractivity contribution in [1.82, 2.24) is 0 Å². The van der Waals surface area contributed by atoms with Gasteiger partial charge in [-0.25, -0.2) is 0 Å². The van der Waals surface area contributed by atoms with Crippen LogP contribution in [0.3, 0.4) is 0 Å². The highest BCUT2D eigenvalue weighted by Crippen LogP contribution is 2.31. The third kappa shape index (κ3) is 7.37. The number of benzene rings is 3. The SMILES string of the molecule is COC[C@H]1O[C@H](OC)[C@H](OCc2ccc(Cl)cc2)[C@@H](OCc2ccccc2)[C@@H]1OCc1ccccc1. The normalized spacial score (nSPS) is 24.0. The van der Waals surface area contributed by atoms with Gasteiger partial charge < -0.3 is 28.4 Å². The summed E-state index contributed by atoms with van der Waals surface area (Å²) < 4.78 is 36.8. The molecule has 0 spiro atoms. The second-order valence-corrected chi connectivity index (χ2v) is 9.09. The van der Waals surface area contributed by atoms with E-state index in [4.69, 9.17) is 40.0 Å². The van der Waals surface area contributed by atoms with Gasteiger partial charge in [-0.2, -0.15) is 0 Å². The molecule has 0 aromatic heterocycles. The molecule has 0 amide bonds. The van der Waals surface area contributed by atoms with Crippen molar-refractivity contribution in [3.63, 3.8) is 0 Å². The molecule has 36 heavy (non-hydrogen) atoms. The van der Waals surface area contributed by atoms with Gasteiger partial charge in [-0.05, 0) is 28.8 Å². The topological polar surface area (TPSA) is 55.4 Å². The summed E-state index contributed by atoms with van der Waals surface area (Å²) in [4.78, 5) is 0. The molecule has 7 heteroatoms. The van der Waals surface area contributed by atoms with Crippen LogP contribution in [-0.2, 0) is 48.2 Å². The van der Waals surface area contributed by atoms with E-state index in [1.165, 1.54) is 0 Å². The Morgan fingerprint density at radius 2 is 1.14 bits per heavy atom. The second-order valence-electron chi connectivity index (χ2n) is 8.66. The summed E-state index contributed by atoms with van der Waals surface area (Å²) in [6.45, 7) is 1.47. The van der Waals surface area contributed by atoms with Crippen LogP contribution in [0.25, 0.3) is 0 Å². The fourth-order valence-electron chi connectivity index (χ4n) is 4.24. The minimum absolute atomic E-state index is 0.328. The molecular formula is C29H33ClO6. The van der Waals surface area contributed by atoms with E-state index in [0.717, 1.165) is 16.7 Å². The van der Waals surface area contributed by atoms with Crippen molar-refractivity contribution in [2.75, 3.05) is 20.8 Å². The van der Waals surface area contributed by atoms with E-state index in [1.807, 2.05) is 84.9 Å². The molecule has 1 saturated heterocycles. The Kier molecular flexibility index (Phi) is 10.3. The number of methoxy groups -OCH3 is 2. The molecule has 0 radical (unpaired) electrons. The van der Waals surface area contributed by atoms with E-state index in [0.29, 0.717) is 31.5 Å². The Morgan fingerprint density at radius 3 is 1.67 bits per heavy atom. The Labute approximate surface area is 218 Å². The summed E-state index contributed by atoms with van der Waals surface area (Å²) in [6, 6.07) is 27.6. The Bertz CT molecular complexity index is 1020. The first kappa shape index (κ1) is 26.8. The van der Waals surface area contributed by atoms with E-state index in [2.05, 4.69) is 0 Å². The van der Waals surface area contributed by atoms with Crippen LogP contribution in [0.4, 0.5) is 0 Å². The first-order chi connectivity index (χ1) is 17.7. The van der Waals surface area contributed by atoms with E-state index in [-0.39, 0.29) is 0 Å². The Hall–Kier alpha value is -2.29. The lowest BCUT2D eigenvalue weighted by molar-refractivity contribution is -0.322. The van der Waals surface area contributed by atoms with Crippen molar-refractivity contribution >= 4 is 11.6 Å². The van der Waals surface area contributed by atoms with Crippen molar-refractivity contribution in [2.45, 2.75) is 50.5 Å². The molecule has 1 aliphatic heterocycles. The van der Waals surface area contributed by atoms with Gasteiger partial charge in [-0.1, -0.05) is 84.4 Å². The lowest BCUT2D eigenvalue weighted by Crippen LogP contribution is -2.61. The number of hydrogen-bond acceptors (Lipinski definition) is 6. The van der Waals surface area contributed by atoms with Gasteiger partial charge in [0, 0.05) is 19.2 Å². The van der Waals surface area contributed by atoms with Crippen molar-refractivity contribution in [3.05, 3.63) is 107 Å². The minimum Gasteiger partial charge on any atom is -0.382 e. The number of ether oxygens (including phenoxy) is 6. The fourth-order valence-corrected chi connectivity index (χ4v) is 4.37. The Balaban J connectivity index is 1.58. The lowest BCUT2D eigenvalue weighted by atomic mass is 9.98. The number of halogens is 1. The molecule has 1 fully saturated rings. The maximum Gasteiger partial charge on any atom is 0.186 e. The molecule has 0 bridgehead atoms. The lowest BCUT2D eigenvalue weighted by Gasteiger charge is -2.45. The summed E-state index contributed by atoms with van der Waals surface area (Å²) >= 11 is 6.05. The average molecular weight is 513 g/mol. The zero-order valence-corrected chi connectivity index (χ0v) is 21.4. The highest BCUT2D eigenvalue weighted by atomic mass is 35.5. The van der Waals surface area contributed by atoms with Crippen molar-refractivity contribution < 1.29 is 28.4 Å². The molecule has 1 aliphatic rings. The number of rotatable bonds is 12. The quantitative estimate of drug-likeness (QED) is 0.323. The molecule has 0 unspecified atom stereocenters. The molecule has 3 aromatic rings. The monoisotopic (exact) mass is 512 g/mol. The maximum atomic E-state index is 6.51. The molecule has 0 saturated carbocycles. The van der Waals surface area contributed by atoms with Crippen molar-refractivity contribution in [3.8, 4) is 0 Å². The van der Waals surface area contributed by atoms with Gasteiger partial charge in [0.25, 0.3) is 0 Å². The van der Waals surface area contributed by atoms with Gasteiger partial charge in [0.15, 0.2) is 6.29 Å². The van der Waals surface area contributed by atoms with Crippen LogP contribution in [0, 0.1) is 0 Å². The van der Waals surface area contributed by atoms with E-state index in [1.54, 1.807) is 14.2 Å². The second kappa shape index (κ2) is 13.9. The van der Waals surface area contributed by atoms with Crippen LogP contribution in [0.2, 0.25) is 5.02 Å². The van der Waals surface area contributed by atoms with E-state index in [9.17, 15) is 0 Å². The van der Waals surface area contributed by atoms with Crippen LogP contribution >= 0.6 is 11.6 Å². The van der Waals surface area contributed by atoms with Crippen LogP contribution in [-0.4, -0.2) is 51.5 Å². The molecule has 5 atom stereocenters. The largest absolute Gasteiger partial charge is 0.382 e. The number of hydrogen-bond donors (Lipinski definition) is 0. The minimum atomic E-state index is -0.658. The molecule has 192 valence electrons.